The highest BCUT2D eigenvalue weighted by molar-refractivity contribution is 6.31. The third kappa shape index (κ3) is 4.29. The number of carbonyl (C=O) groups excluding carboxylic acids is 1. The largest absolute Gasteiger partial charge is 0.495 e. The fourth-order valence-corrected chi connectivity index (χ4v) is 2.89. The highest BCUT2D eigenvalue weighted by Gasteiger charge is 2.19. The lowest BCUT2D eigenvalue weighted by molar-refractivity contribution is 0.0527. The minimum absolute atomic E-state index is 0. The second-order valence-electron chi connectivity index (χ2n) is 6.02. The average molecular weight is 422 g/mol. The number of aromatic nitrogens is 2. The van der Waals surface area contributed by atoms with Crippen LogP contribution in [0.3, 0.4) is 0 Å². The van der Waals surface area contributed by atoms with E-state index in [4.69, 9.17) is 21.1 Å². The molecule has 28 heavy (non-hydrogen) atoms. The molecular weight excluding hydrogens is 401 g/mol. The number of hydrogen-bond acceptors (Lipinski definition) is 6. The van der Waals surface area contributed by atoms with E-state index in [0.29, 0.717) is 38.7 Å². The molecule has 0 aliphatic heterocycles. The number of pyridine rings is 2. The summed E-state index contributed by atoms with van der Waals surface area (Å²) in [4.78, 5) is 21.2. The van der Waals surface area contributed by atoms with Crippen LogP contribution in [0.4, 0.5) is 11.4 Å². The van der Waals surface area contributed by atoms with Crippen LogP contribution in [0, 0.1) is 13.8 Å². The second-order valence-corrected chi connectivity index (χ2v) is 6.43. The van der Waals surface area contributed by atoms with E-state index in [1.54, 1.807) is 20.1 Å². The molecule has 2 heterocycles. The number of rotatable bonds is 5. The van der Waals surface area contributed by atoms with Crippen LogP contribution in [0.2, 0.25) is 5.02 Å². The smallest absolute Gasteiger partial charge is 0.341 e. The summed E-state index contributed by atoms with van der Waals surface area (Å²) in [6, 6.07) is 7.35. The molecule has 3 aromatic rings. The van der Waals surface area contributed by atoms with Gasteiger partial charge in [0.15, 0.2) is 5.65 Å². The number of esters is 1. The van der Waals surface area contributed by atoms with Gasteiger partial charge in [-0.1, -0.05) is 11.6 Å². The number of aryl methyl sites for hydroxylation is 2. The number of nitrogens with zero attached hydrogens (tertiary/aromatic N) is 2. The number of halogens is 2. The predicted octanol–water partition coefficient (Wildman–Crippen LogP) is 5.25. The Morgan fingerprint density at radius 3 is 2.68 bits per heavy atom. The number of ether oxygens (including phenoxy) is 2. The molecule has 0 saturated heterocycles. The first-order valence-corrected chi connectivity index (χ1v) is 8.87. The van der Waals surface area contributed by atoms with Gasteiger partial charge in [0.25, 0.3) is 0 Å². The molecule has 148 valence electrons. The number of carbonyl (C=O) groups is 1. The molecule has 0 saturated carbocycles. The monoisotopic (exact) mass is 421 g/mol. The Bertz CT molecular complexity index is 1030. The fraction of sp³-hybridized carbons (Fsp3) is 0.250. The maximum atomic E-state index is 12.5. The molecular formula is C20H21Cl2N3O3. The second kappa shape index (κ2) is 9.08. The van der Waals surface area contributed by atoms with E-state index in [1.807, 2.05) is 32.0 Å². The summed E-state index contributed by atoms with van der Waals surface area (Å²) in [6.45, 7) is 5.82. The van der Waals surface area contributed by atoms with Gasteiger partial charge in [-0.25, -0.2) is 14.8 Å². The SMILES string of the molecule is CCOC(=O)c1cnc2nc(C)ccc2c1Nc1cc(C)c(Cl)cc1OC.Cl. The van der Waals surface area contributed by atoms with Crippen molar-refractivity contribution >= 4 is 52.4 Å². The van der Waals surface area contributed by atoms with Gasteiger partial charge in [-0.15, -0.1) is 12.4 Å². The maximum Gasteiger partial charge on any atom is 0.341 e. The number of anilines is 2. The molecule has 8 heteroatoms. The van der Waals surface area contributed by atoms with Crippen molar-refractivity contribution in [2.45, 2.75) is 20.8 Å². The molecule has 0 unspecified atom stereocenters. The van der Waals surface area contributed by atoms with Gasteiger partial charge in [-0.2, -0.15) is 0 Å². The van der Waals surface area contributed by atoms with E-state index in [1.165, 1.54) is 6.20 Å². The zero-order valence-electron chi connectivity index (χ0n) is 16.0. The van der Waals surface area contributed by atoms with Gasteiger partial charge in [-0.05, 0) is 44.5 Å². The fourth-order valence-electron chi connectivity index (χ4n) is 2.73. The van der Waals surface area contributed by atoms with Crippen LogP contribution in [0.1, 0.15) is 28.5 Å². The van der Waals surface area contributed by atoms with Crippen molar-refractivity contribution in [3.05, 3.63) is 52.3 Å². The molecule has 0 amide bonds. The summed E-state index contributed by atoms with van der Waals surface area (Å²) >= 11 is 6.20. The Morgan fingerprint density at radius 2 is 2.00 bits per heavy atom. The topological polar surface area (TPSA) is 73.3 Å². The van der Waals surface area contributed by atoms with Gasteiger partial charge < -0.3 is 14.8 Å². The normalized spacial score (nSPS) is 10.3. The molecule has 0 atom stereocenters. The van der Waals surface area contributed by atoms with Crippen LogP contribution in [-0.2, 0) is 4.74 Å². The van der Waals surface area contributed by atoms with Gasteiger partial charge in [0.1, 0.15) is 11.3 Å². The molecule has 3 rings (SSSR count). The van der Waals surface area contributed by atoms with Gasteiger partial charge in [0.2, 0.25) is 0 Å². The van der Waals surface area contributed by atoms with Gasteiger partial charge in [0.05, 0.1) is 25.1 Å². The summed E-state index contributed by atoms with van der Waals surface area (Å²) in [6.07, 6.45) is 1.48. The first-order valence-electron chi connectivity index (χ1n) is 8.49. The van der Waals surface area contributed by atoms with Crippen molar-refractivity contribution in [2.24, 2.45) is 0 Å². The molecule has 0 aliphatic carbocycles. The standard InChI is InChI=1S/C20H20ClN3O3.ClH/c1-5-27-20(25)14-10-22-19-13(7-6-12(3)23-19)18(14)24-16-8-11(2)15(21)9-17(16)26-4;/h6-10H,5H2,1-4H3,(H,22,23,24);1H. The molecule has 1 N–H and O–H groups in total. The van der Waals surface area contributed by atoms with E-state index in [0.717, 1.165) is 11.3 Å². The van der Waals surface area contributed by atoms with E-state index >= 15 is 0 Å². The molecule has 0 fully saturated rings. The Hall–Kier alpha value is -2.57. The zero-order chi connectivity index (χ0) is 19.6. The number of benzene rings is 1. The van der Waals surface area contributed by atoms with Crippen LogP contribution in [-0.4, -0.2) is 29.7 Å². The van der Waals surface area contributed by atoms with Crippen molar-refractivity contribution in [1.29, 1.82) is 0 Å². The van der Waals surface area contributed by atoms with Crippen LogP contribution >= 0.6 is 24.0 Å². The summed E-state index contributed by atoms with van der Waals surface area (Å²) in [5.41, 5.74) is 3.82. The average Bonchev–Trinajstić information content (AvgIpc) is 2.64. The van der Waals surface area contributed by atoms with Crippen LogP contribution in [0.15, 0.2) is 30.5 Å². The Kier molecular flexibility index (Phi) is 7.05. The molecule has 1 aromatic carbocycles. The lowest BCUT2D eigenvalue weighted by Crippen LogP contribution is -2.10. The molecule has 2 aromatic heterocycles. The first-order chi connectivity index (χ1) is 12.9. The zero-order valence-corrected chi connectivity index (χ0v) is 17.6. The third-order valence-electron chi connectivity index (χ3n) is 4.10. The molecule has 0 radical (unpaired) electrons. The minimum Gasteiger partial charge on any atom is -0.495 e. The van der Waals surface area contributed by atoms with E-state index in [-0.39, 0.29) is 19.0 Å². The van der Waals surface area contributed by atoms with Crippen molar-refractivity contribution in [1.82, 2.24) is 9.97 Å². The minimum atomic E-state index is -0.459. The number of methoxy groups -OCH3 is 1. The highest BCUT2D eigenvalue weighted by atomic mass is 35.5. The van der Waals surface area contributed by atoms with E-state index in [9.17, 15) is 4.79 Å². The van der Waals surface area contributed by atoms with Crippen LogP contribution in [0.25, 0.3) is 11.0 Å². The number of nitrogens with one attached hydrogen (secondary N) is 1. The van der Waals surface area contributed by atoms with Crippen molar-refractivity contribution < 1.29 is 14.3 Å². The summed E-state index contributed by atoms with van der Waals surface area (Å²) in [5, 5.41) is 4.60. The molecule has 6 nitrogen and oxygen atoms in total. The summed E-state index contributed by atoms with van der Waals surface area (Å²) in [7, 11) is 1.56. The summed E-state index contributed by atoms with van der Waals surface area (Å²) < 4.78 is 10.6. The predicted molar refractivity (Wildman–Crippen MR) is 114 cm³/mol. The lowest BCUT2D eigenvalue weighted by Gasteiger charge is -2.17. The molecule has 0 aliphatic rings. The van der Waals surface area contributed by atoms with Gasteiger partial charge >= 0.3 is 5.97 Å². The van der Waals surface area contributed by atoms with Crippen LogP contribution < -0.4 is 10.1 Å². The number of fused-ring (bicyclic) bond motifs is 1. The number of hydrogen-bond donors (Lipinski definition) is 1. The molecule has 0 spiro atoms. The van der Waals surface area contributed by atoms with Crippen molar-refractivity contribution in [2.75, 3.05) is 19.0 Å². The Morgan fingerprint density at radius 1 is 1.25 bits per heavy atom. The third-order valence-corrected chi connectivity index (χ3v) is 4.51. The quantitative estimate of drug-likeness (QED) is 0.566. The maximum absolute atomic E-state index is 12.5. The first kappa shape index (κ1) is 21.7. The Labute approximate surface area is 174 Å². The van der Waals surface area contributed by atoms with Gasteiger partial charge in [0, 0.05) is 28.4 Å². The lowest BCUT2D eigenvalue weighted by atomic mass is 10.1. The highest BCUT2D eigenvalue weighted by Crippen LogP contribution is 2.36. The summed E-state index contributed by atoms with van der Waals surface area (Å²) in [5.74, 6) is 0.102. The van der Waals surface area contributed by atoms with Gasteiger partial charge in [-0.3, -0.25) is 0 Å². The van der Waals surface area contributed by atoms with E-state index in [2.05, 4.69) is 15.3 Å². The van der Waals surface area contributed by atoms with E-state index < -0.39 is 5.97 Å². The van der Waals surface area contributed by atoms with Crippen molar-refractivity contribution in [3.8, 4) is 5.75 Å². The van der Waals surface area contributed by atoms with Crippen molar-refractivity contribution in [3.63, 3.8) is 0 Å². The Balaban J connectivity index is 0.00000280. The van der Waals surface area contributed by atoms with Crippen LogP contribution in [0.5, 0.6) is 5.75 Å². The molecule has 0 bridgehead atoms.